The Hall–Kier alpha value is -1.55. The van der Waals surface area contributed by atoms with Gasteiger partial charge in [0.15, 0.2) is 0 Å². The average Bonchev–Trinajstić information content (AvgIpc) is 3.30. The summed E-state index contributed by atoms with van der Waals surface area (Å²) in [5.41, 5.74) is 7.15. The van der Waals surface area contributed by atoms with Crippen molar-refractivity contribution in [3.05, 3.63) is 29.8 Å². The van der Waals surface area contributed by atoms with Crippen LogP contribution in [0.5, 0.6) is 5.75 Å². The van der Waals surface area contributed by atoms with Crippen LogP contribution in [0.25, 0.3) is 0 Å². The van der Waals surface area contributed by atoms with E-state index in [-0.39, 0.29) is 11.9 Å². The van der Waals surface area contributed by atoms with Crippen LogP contribution in [0, 0.1) is 0 Å². The zero-order valence-corrected chi connectivity index (χ0v) is 13.0. The molecule has 1 aromatic carbocycles. The smallest absolute Gasteiger partial charge is 0.224 e. The molecule has 1 aliphatic carbocycles. The first kappa shape index (κ1) is 15.8. The van der Waals surface area contributed by atoms with Crippen molar-refractivity contribution in [1.82, 2.24) is 4.90 Å². The van der Waals surface area contributed by atoms with Gasteiger partial charge in [0.05, 0.1) is 7.11 Å². The molecule has 116 valence electrons. The van der Waals surface area contributed by atoms with Crippen LogP contribution >= 0.6 is 0 Å². The third-order valence-electron chi connectivity index (χ3n) is 3.92. The molecule has 1 atom stereocenters. The minimum atomic E-state index is -0.0142. The highest BCUT2D eigenvalue weighted by Gasteiger charge is 2.32. The number of nitrogens with zero attached hydrogens (tertiary/aromatic N) is 1. The Labute approximate surface area is 127 Å². The van der Waals surface area contributed by atoms with E-state index in [2.05, 4.69) is 6.92 Å². The van der Waals surface area contributed by atoms with Crippen molar-refractivity contribution < 1.29 is 9.53 Å². The lowest BCUT2D eigenvalue weighted by molar-refractivity contribution is -0.132. The van der Waals surface area contributed by atoms with Gasteiger partial charge in [0.25, 0.3) is 0 Å². The van der Waals surface area contributed by atoms with Crippen molar-refractivity contribution in [2.75, 3.05) is 7.11 Å². The normalized spacial score (nSPS) is 15.6. The maximum absolute atomic E-state index is 12.5. The fraction of sp³-hybridized carbons (Fsp3) is 0.588. The lowest BCUT2D eigenvalue weighted by Gasteiger charge is -2.24. The van der Waals surface area contributed by atoms with Crippen LogP contribution in [0.1, 0.15) is 44.6 Å². The van der Waals surface area contributed by atoms with Gasteiger partial charge in [0, 0.05) is 25.0 Å². The third-order valence-corrected chi connectivity index (χ3v) is 3.92. The molecule has 1 aromatic rings. The monoisotopic (exact) mass is 290 g/mol. The second-order valence-corrected chi connectivity index (χ2v) is 5.85. The van der Waals surface area contributed by atoms with Crippen LogP contribution in [0.4, 0.5) is 0 Å². The fourth-order valence-corrected chi connectivity index (χ4v) is 2.55. The van der Waals surface area contributed by atoms with Crippen LogP contribution in [0.3, 0.4) is 0 Å². The van der Waals surface area contributed by atoms with Gasteiger partial charge in [-0.1, -0.05) is 25.5 Å². The summed E-state index contributed by atoms with van der Waals surface area (Å²) in [7, 11) is 1.66. The standard InChI is InChI=1S/C17H26N2O2/c1-3-4-14(18)11-17(20)19(15-7-8-15)12-13-5-9-16(21-2)10-6-13/h5-6,9-10,14-15H,3-4,7-8,11-12,18H2,1-2H3. The van der Waals surface area contributed by atoms with E-state index in [1.165, 1.54) is 0 Å². The summed E-state index contributed by atoms with van der Waals surface area (Å²) in [6, 6.07) is 8.32. The SMILES string of the molecule is CCCC(N)CC(=O)N(Cc1ccc(OC)cc1)C1CC1. The van der Waals surface area contributed by atoms with Gasteiger partial charge in [-0.05, 0) is 37.0 Å². The molecule has 1 fully saturated rings. The predicted molar refractivity (Wildman–Crippen MR) is 84.1 cm³/mol. The molecule has 0 aromatic heterocycles. The van der Waals surface area contributed by atoms with Crippen LogP contribution in [-0.2, 0) is 11.3 Å². The molecular weight excluding hydrogens is 264 g/mol. The quantitative estimate of drug-likeness (QED) is 0.801. The molecule has 1 saturated carbocycles. The number of ether oxygens (including phenoxy) is 1. The molecule has 0 radical (unpaired) electrons. The number of benzene rings is 1. The predicted octanol–water partition coefficient (Wildman–Crippen LogP) is 2.70. The first-order chi connectivity index (χ1) is 10.1. The first-order valence-corrected chi connectivity index (χ1v) is 7.82. The Balaban J connectivity index is 1.96. The first-order valence-electron chi connectivity index (χ1n) is 7.82. The van der Waals surface area contributed by atoms with Gasteiger partial charge in [0.2, 0.25) is 5.91 Å². The van der Waals surface area contributed by atoms with Gasteiger partial charge in [-0.15, -0.1) is 0 Å². The lowest BCUT2D eigenvalue weighted by Crippen LogP contribution is -2.36. The molecule has 2 N–H and O–H groups in total. The molecule has 1 aliphatic rings. The van der Waals surface area contributed by atoms with Gasteiger partial charge in [0.1, 0.15) is 5.75 Å². The zero-order chi connectivity index (χ0) is 15.2. The fourth-order valence-electron chi connectivity index (χ4n) is 2.55. The average molecular weight is 290 g/mol. The number of rotatable bonds is 8. The van der Waals surface area contributed by atoms with Crippen molar-refractivity contribution in [3.63, 3.8) is 0 Å². The van der Waals surface area contributed by atoms with Gasteiger partial charge in [-0.2, -0.15) is 0 Å². The second kappa shape index (κ2) is 7.46. The van der Waals surface area contributed by atoms with Crippen LogP contribution < -0.4 is 10.5 Å². The largest absolute Gasteiger partial charge is 0.497 e. The summed E-state index contributed by atoms with van der Waals surface area (Å²) < 4.78 is 5.16. The Morgan fingerprint density at radius 1 is 1.38 bits per heavy atom. The van der Waals surface area contributed by atoms with E-state index in [9.17, 15) is 4.79 Å². The maximum Gasteiger partial charge on any atom is 0.224 e. The summed E-state index contributed by atoms with van der Waals surface area (Å²) in [5, 5.41) is 0. The molecule has 0 bridgehead atoms. The number of carbonyl (C=O) groups excluding carboxylic acids is 1. The maximum atomic E-state index is 12.5. The topological polar surface area (TPSA) is 55.6 Å². The lowest BCUT2D eigenvalue weighted by atomic mass is 10.1. The number of nitrogens with two attached hydrogens (primary N) is 1. The Morgan fingerprint density at radius 2 is 2.05 bits per heavy atom. The molecule has 0 spiro atoms. The molecule has 0 saturated heterocycles. The summed E-state index contributed by atoms with van der Waals surface area (Å²) in [6.07, 6.45) is 4.62. The second-order valence-electron chi connectivity index (χ2n) is 5.85. The molecule has 4 heteroatoms. The molecule has 2 rings (SSSR count). The number of hydrogen-bond acceptors (Lipinski definition) is 3. The highest BCUT2D eigenvalue weighted by Crippen LogP contribution is 2.29. The van der Waals surface area contributed by atoms with Gasteiger partial charge in [-0.25, -0.2) is 0 Å². The molecule has 1 unspecified atom stereocenters. The van der Waals surface area contributed by atoms with Crippen molar-refractivity contribution in [2.24, 2.45) is 5.73 Å². The summed E-state index contributed by atoms with van der Waals surface area (Å²) in [4.78, 5) is 14.5. The highest BCUT2D eigenvalue weighted by atomic mass is 16.5. The van der Waals surface area contributed by atoms with Crippen LogP contribution in [0.2, 0.25) is 0 Å². The summed E-state index contributed by atoms with van der Waals surface area (Å²) in [5.74, 6) is 1.03. The van der Waals surface area contributed by atoms with Gasteiger partial charge < -0.3 is 15.4 Å². The Bertz CT molecular complexity index is 454. The van der Waals surface area contributed by atoms with Crippen molar-refractivity contribution in [3.8, 4) is 5.75 Å². The number of hydrogen-bond donors (Lipinski definition) is 1. The van der Waals surface area contributed by atoms with Crippen LogP contribution in [0.15, 0.2) is 24.3 Å². The minimum Gasteiger partial charge on any atom is -0.497 e. The van der Waals surface area contributed by atoms with E-state index in [4.69, 9.17) is 10.5 Å². The van der Waals surface area contributed by atoms with Crippen LogP contribution in [-0.4, -0.2) is 30.0 Å². The molecular formula is C17H26N2O2. The summed E-state index contributed by atoms with van der Waals surface area (Å²) >= 11 is 0. The van der Waals surface area contributed by atoms with E-state index >= 15 is 0 Å². The van der Waals surface area contributed by atoms with Crippen molar-refractivity contribution >= 4 is 5.91 Å². The zero-order valence-electron chi connectivity index (χ0n) is 13.0. The van der Waals surface area contributed by atoms with Gasteiger partial charge in [-0.3, -0.25) is 4.79 Å². The molecule has 4 nitrogen and oxygen atoms in total. The van der Waals surface area contributed by atoms with E-state index in [1.54, 1.807) is 7.11 Å². The van der Waals surface area contributed by atoms with Crippen molar-refractivity contribution in [2.45, 2.75) is 57.7 Å². The number of carbonyl (C=O) groups is 1. The Kier molecular flexibility index (Phi) is 5.62. The summed E-state index contributed by atoms with van der Waals surface area (Å²) in [6.45, 7) is 2.77. The molecule has 0 aliphatic heterocycles. The van der Waals surface area contributed by atoms with E-state index in [0.29, 0.717) is 19.0 Å². The molecule has 21 heavy (non-hydrogen) atoms. The van der Waals surface area contributed by atoms with E-state index in [0.717, 1.165) is 37.0 Å². The van der Waals surface area contributed by atoms with Crippen molar-refractivity contribution in [1.29, 1.82) is 0 Å². The Morgan fingerprint density at radius 3 is 2.57 bits per heavy atom. The minimum absolute atomic E-state index is 0.0142. The number of amides is 1. The van der Waals surface area contributed by atoms with Gasteiger partial charge >= 0.3 is 0 Å². The molecule has 0 heterocycles. The van der Waals surface area contributed by atoms with E-state index in [1.807, 2.05) is 29.2 Å². The highest BCUT2D eigenvalue weighted by molar-refractivity contribution is 5.77. The third kappa shape index (κ3) is 4.74. The molecule has 1 amide bonds. The van der Waals surface area contributed by atoms with E-state index < -0.39 is 0 Å². The number of methoxy groups -OCH3 is 1.